The summed E-state index contributed by atoms with van der Waals surface area (Å²) in [7, 11) is 5.84. The second-order valence-electron chi connectivity index (χ2n) is 10.5. The summed E-state index contributed by atoms with van der Waals surface area (Å²) < 4.78 is 0. The van der Waals surface area contributed by atoms with Gasteiger partial charge in [-0.15, -0.1) is 0 Å². The van der Waals surface area contributed by atoms with Crippen molar-refractivity contribution in [1.29, 1.82) is 0 Å². The minimum atomic E-state index is 0.242. The third-order valence-electron chi connectivity index (χ3n) is 7.34. The van der Waals surface area contributed by atoms with Crippen molar-refractivity contribution < 1.29 is 4.79 Å². The number of carbonyl (C=O) groups is 1. The summed E-state index contributed by atoms with van der Waals surface area (Å²) in [5, 5.41) is 10.7. The van der Waals surface area contributed by atoms with Crippen molar-refractivity contribution in [2.45, 2.75) is 24.9 Å². The lowest BCUT2D eigenvalue weighted by atomic mass is 9.89. The molecule has 3 aliphatic rings. The van der Waals surface area contributed by atoms with Gasteiger partial charge in [-0.25, -0.2) is 9.97 Å². The number of nitrogens with zero attached hydrogens (tertiary/aromatic N) is 4. The fourth-order valence-corrected chi connectivity index (χ4v) is 5.23. The highest BCUT2D eigenvalue weighted by Crippen LogP contribution is 2.36. The Morgan fingerprint density at radius 2 is 1.93 bits per heavy atom. The van der Waals surface area contributed by atoms with E-state index >= 15 is 0 Å². The molecule has 0 amide bonds. The standard InChI is InChI=1S/C26H29ClN6.C6H11NO/c1-17(18-7-9-19(28-2)10-8-18)33-13-11-20(12-14-33)31-26-30-16-23(27)25(32-26)22-15-29-24-6-4-3-5-21(22)24;1-7(2)5-3-4-6-8/h3-10,15-16,20-21,24,28-29H,1,11-14H2,2H3,(H,30,31,32);3-4,6H,5H2,1-2H3/b;4-3+. The smallest absolute Gasteiger partial charge is 0.223 e. The Bertz CT molecular complexity index is 1310. The van der Waals surface area contributed by atoms with Crippen LogP contribution in [0.4, 0.5) is 11.6 Å². The molecule has 0 spiro atoms. The van der Waals surface area contributed by atoms with E-state index in [2.05, 4.69) is 81.0 Å². The SMILES string of the molecule is C=C(c1ccc(NC)cc1)N1CCC(Nc2ncc(Cl)c(C3=CNC4C=CC=CC34)n2)CC1.CN(C)C/C=C/C=O. The number of carbonyl (C=O) groups excluding carboxylic acids is 1. The second kappa shape index (κ2) is 14.7. The van der Waals surface area contributed by atoms with Gasteiger partial charge in [0.15, 0.2) is 0 Å². The van der Waals surface area contributed by atoms with E-state index in [-0.39, 0.29) is 12.0 Å². The zero-order valence-corrected chi connectivity index (χ0v) is 24.8. The van der Waals surface area contributed by atoms with Crippen LogP contribution in [0.1, 0.15) is 24.1 Å². The zero-order valence-electron chi connectivity index (χ0n) is 24.1. The normalized spacial score (nSPS) is 19.7. The molecule has 2 aromatic rings. The first kappa shape index (κ1) is 30.1. The number of anilines is 2. The number of benzene rings is 1. The summed E-state index contributed by atoms with van der Waals surface area (Å²) in [6.07, 6.45) is 18.3. The van der Waals surface area contributed by atoms with Crippen molar-refractivity contribution in [3.63, 3.8) is 0 Å². The summed E-state index contributed by atoms with van der Waals surface area (Å²) in [6, 6.07) is 8.99. The van der Waals surface area contributed by atoms with Gasteiger partial charge in [-0.1, -0.05) is 60.7 Å². The summed E-state index contributed by atoms with van der Waals surface area (Å²) in [5.74, 6) is 0.876. The van der Waals surface area contributed by atoms with E-state index in [4.69, 9.17) is 16.6 Å². The molecule has 0 radical (unpaired) electrons. The minimum Gasteiger partial charge on any atom is -0.388 e. The Morgan fingerprint density at radius 3 is 2.61 bits per heavy atom. The Hall–Kier alpha value is -3.88. The van der Waals surface area contributed by atoms with Gasteiger partial charge >= 0.3 is 0 Å². The molecule has 1 fully saturated rings. The van der Waals surface area contributed by atoms with E-state index in [1.54, 1.807) is 6.20 Å². The molecule has 2 aliphatic heterocycles. The Kier molecular flexibility index (Phi) is 10.8. The number of hydrogen-bond donors (Lipinski definition) is 3. The third-order valence-corrected chi connectivity index (χ3v) is 7.62. The Balaban J connectivity index is 0.000000426. The van der Waals surface area contributed by atoms with Gasteiger partial charge in [0, 0.05) is 61.8 Å². The van der Waals surface area contributed by atoms with Gasteiger partial charge in [-0.2, -0.15) is 0 Å². The number of likely N-dealkylation sites (N-methyl/N-ethyl adjacent to an activating group) is 1. The maximum absolute atomic E-state index is 9.68. The number of rotatable bonds is 9. The molecule has 3 heterocycles. The number of aromatic nitrogens is 2. The van der Waals surface area contributed by atoms with E-state index in [0.29, 0.717) is 17.0 Å². The van der Waals surface area contributed by atoms with Crippen molar-refractivity contribution in [1.82, 2.24) is 25.1 Å². The number of allylic oxidation sites excluding steroid dienone is 3. The van der Waals surface area contributed by atoms with Crippen LogP contribution in [0.15, 0.2) is 79.7 Å². The zero-order chi connectivity index (χ0) is 29.2. The maximum Gasteiger partial charge on any atom is 0.223 e. The van der Waals surface area contributed by atoms with E-state index < -0.39 is 0 Å². The van der Waals surface area contributed by atoms with Gasteiger partial charge in [0.25, 0.3) is 0 Å². The van der Waals surface area contributed by atoms with E-state index in [9.17, 15) is 4.79 Å². The van der Waals surface area contributed by atoms with Crippen LogP contribution in [0, 0.1) is 5.92 Å². The van der Waals surface area contributed by atoms with Gasteiger partial charge in [0.05, 0.1) is 23.0 Å². The first-order valence-corrected chi connectivity index (χ1v) is 14.3. The number of hydrogen-bond acceptors (Lipinski definition) is 8. The van der Waals surface area contributed by atoms with Crippen LogP contribution < -0.4 is 16.0 Å². The van der Waals surface area contributed by atoms with Crippen LogP contribution >= 0.6 is 11.6 Å². The molecule has 1 saturated heterocycles. The van der Waals surface area contributed by atoms with E-state index in [1.165, 1.54) is 6.08 Å². The molecule has 0 saturated carbocycles. The summed E-state index contributed by atoms with van der Waals surface area (Å²) in [5.41, 5.74) is 5.24. The molecule has 1 aromatic carbocycles. The van der Waals surface area contributed by atoms with Gasteiger partial charge in [0.2, 0.25) is 5.95 Å². The van der Waals surface area contributed by atoms with Crippen LogP contribution in [0.3, 0.4) is 0 Å². The number of aldehydes is 1. The maximum atomic E-state index is 9.68. The molecular formula is C32H40ClN7O. The number of nitrogens with one attached hydrogen (secondary N) is 3. The fraction of sp³-hybridized carbons (Fsp3) is 0.344. The molecule has 1 aliphatic carbocycles. The summed E-state index contributed by atoms with van der Waals surface area (Å²) in [6.45, 7) is 7.06. The van der Waals surface area contributed by atoms with Crippen molar-refractivity contribution in [3.8, 4) is 0 Å². The number of halogens is 1. The molecule has 1 aromatic heterocycles. The van der Waals surface area contributed by atoms with Gasteiger partial charge in [0.1, 0.15) is 6.29 Å². The largest absolute Gasteiger partial charge is 0.388 e. The summed E-state index contributed by atoms with van der Waals surface area (Å²) >= 11 is 6.50. The van der Waals surface area contributed by atoms with Crippen LogP contribution in [0.25, 0.3) is 11.3 Å². The fourth-order valence-electron chi connectivity index (χ4n) is 5.03. The molecule has 2 atom stereocenters. The quantitative estimate of drug-likeness (QED) is 0.283. The average molecular weight is 574 g/mol. The molecule has 9 heteroatoms. The van der Waals surface area contributed by atoms with Crippen LogP contribution in [0.2, 0.25) is 5.02 Å². The lowest BCUT2D eigenvalue weighted by Crippen LogP contribution is -2.38. The lowest BCUT2D eigenvalue weighted by molar-refractivity contribution is -0.104. The highest BCUT2D eigenvalue weighted by molar-refractivity contribution is 6.32. The first-order chi connectivity index (χ1) is 19.9. The Labute approximate surface area is 248 Å². The molecule has 216 valence electrons. The Morgan fingerprint density at radius 1 is 1.20 bits per heavy atom. The van der Waals surface area contributed by atoms with Crippen molar-refractivity contribution in [2.24, 2.45) is 5.92 Å². The van der Waals surface area contributed by atoms with Gasteiger partial charge < -0.3 is 25.8 Å². The highest BCUT2D eigenvalue weighted by Gasteiger charge is 2.30. The molecular weight excluding hydrogens is 534 g/mol. The number of fused-ring (bicyclic) bond motifs is 1. The van der Waals surface area contributed by atoms with Crippen molar-refractivity contribution in [3.05, 3.63) is 96.0 Å². The molecule has 41 heavy (non-hydrogen) atoms. The second-order valence-corrected chi connectivity index (χ2v) is 10.9. The number of piperidine rings is 1. The first-order valence-electron chi connectivity index (χ1n) is 14.0. The predicted molar refractivity (Wildman–Crippen MR) is 171 cm³/mol. The van der Waals surface area contributed by atoms with E-state index in [1.807, 2.05) is 38.3 Å². The predicted octanol–water partition coefficient (Wildman–Crippen LogP) is 5.08. The molecule has 3 N–H and O–H groups in total. The van der Waals surface area contributed by atoms with Crippen LogP contribution in [-0.4, -0.2) is 78.9 Å². The topological polar surface area (TPSA) is 85.4 Å². The molecule has 5 rings (SSSR count). The molecule has 0 bridgehead atoms. The monoisotopic (exact) mass is 573 g/mol. The summed E-state index contributed by atoms with van der Waals surface area (Å²) in [4.78, 5) is 23.3. The molecule has 2 unspecified atom stereocenters. The van der Waals surface area contributed by atoms with Crippen LogP contribution in [-0.2, 0) is 4.79 Å². The lowest BCUT2D eigenvalue weighted by Gasteiger charge is -2.35. The average Bonchev–Trinajstić information content (AvgIpc) is 3.43. The highest BCUT2D eigenvalue weighted by atomic mass is 35.5. The van der Waals surface area contributed by atoms with Crippen molar-refractivity contribution >= 4 is 40.8 Å². The van der Waals surface area contributed by atoms with Gasteiger partial charge in [-0.3, -0.25) is 4.79 Å². The van der Waals surface area contributed by atoms with Crippen molar-refractivity contribution in [2.75, 3.05) is 51.4 Å². The van der Waals surface area contributed by atoms with E-state index in [0.717, 1.165) is 67.0 Å². The molecule has 8 nitrogen and oxygen atoms in total. The van der Waals surface area contributed by atoms with Crippen LogP contribution in [0.5, 0.6) is 0 Å². The van der Waals surface area contributed by atoms with Gasteiger partial charge in [-0.05, 0) is 50.7 Å². The number of likely N-dealkylation sites (tertiary alicyclic amines) is 1. The third kappa shape index (κ3) is 8.08. The minimum absolute atomic E-state index is 0.242.